The smallest absolute Gasteiger partial charge is 0.154 e. The Bertz CT molecular complexity index is 732. The summed E-state index contributed by atoms with van der Waals surface area (Å²) < 4.78 is 0. The lowest BCUT2D eigenvalue weighted by atomic mass is 10.1. The lowest BCUT2D eigenvalue weighted by Crippen LogP contribution is -2.08. The number of nitrogens with one attached hydrogen (secondary N) is 2. The zero-order valence-electron chi connectivity index (χ0n) is 10.4. The summed E-state index contributed by atoms with van der Waals surface area (Å²) >= 11 is 0. The molecule has 0 radical (unpaired) electrons. The predicted molar refractivity (Wildman–Crippen MR) is 75.0 cm³/mol. The first-order valence-electron chi connectivity index (χ1n) is 6.54. The van der Waals surface area contributed by atoms with E-state index >= 15 is 0 Å². The van der Waals surface area contributed by atoms with Crippen molar-refractivity contribution < 1.29 is 0 Å². The Hall–Kier alpha value is -2.36. The van der Waals surface area contributed by atoms with Gasteiger partial charge in [0.25, 0.3) is 0 Å². The van der Waals surface area contributed by atoms with Gasteiger partial charge in [-0.2, -0.15) is 0 Å². The molecule has 0 spiro atoms. The first kappa shape index (κ1) is 10.6. The van der Waals surface area contributed by atoms with Crippen molar-refractivity contribution in [3.8, 4) is 0 Å². The summed E-state index contributed by atoms with van der Waals surface area (Å²) in [5, 5.41) is 3.53. The SMILES string of the molecule is c1ccc2c(c1)CC[C@@H]2Nc1nccc2[nH]cnc12. The molecular weight excluding hydrogens is 236 g/mol. The molecule has 2 N–H and O–H groups in total. The highest BCUT2D eigenvalue weighted by atomic mass is 15.0. The molecule has 2 heterocycles. The van der Waals surface area contributed by atoms with Crippen molar-refractivity contribution >= 4 is 16.9 Å². The molecule has 0 unspecified atom stereocenters. The summed E-state index contributed by atoms with van der Waals surface area (Å²) in [6, 6.07) is 10.9. The highest BCUT2D eigenvalue weighted by Crippen LogP contribution is 2.34. The van der Waals surface area contributed by atoms with Gasteiger partial charge in [0.2, 0.25) is 0 Å². The number of aromatic amines is 1. The van der Waals surface area contributed by atoms with Crippen LogP contribution in [0.4, 0.5) is 5.82 Å². The molecule has 94 valence electrons. The quantitative estimate of drug-likeness (QED) is 0.735. The van der Waals surface area contributed by atoms with Gasteiger partial charge in [-0.3, -0.25) is 0 Å². The fourth-order valence-electron chi connectivity index (χ4n) is 2.85. The molecule has 3 aromatic rings. The van der Waals surface area contributed by atoms with Gasteiger partial charge in [-0.25, -0.2) is 9.97 Å². The molecule has 4 rings (SSSR count). The topological polar surface area (TPSA) is 53.6 Å². The van der Waals surface area contributed by atoms with Gasteiger partial charge in [-0.15, -0.1) is 0 Å². The summed E-state index contributed by atoms with van der Waals surface area (Å²) in [4.78, 5) is 11.9. The molecule has 0 aliphatic heterocycles. The van der Waals surface area contributed by atoms with Gasteiger partial charge in [-0.05, 0) is 30.0 Å². The number of H-pyrrole nitrogens is 1. The second-order valence-corrected chi connectivity index (χ2v) is 4.89. The zero-order valence-corrected chi connectivity index (χ0v) is 10.4. The van der Waals surface area contributed by atoms with Crippen LogP contribution in [0.1, 0.15) is 23.6 Å². The van der Waals surface area contributed by atoms with E-state index in [1.54, 1.807) is 6.33 Å². The number of fused-ring (bicyclic) bond motifs is 2. The van der Waals surface area contributed by atoms with Gasteiger partial charge in [-0.1, -0.05) is 24.3 Å². The fourth-order valence-corrected chi connectivity index (χ4v) is 2.85. The average molecular weight is 250 g/mol. The standard InChI is InChI=1S/C15H14N4/c1-2-4-11-10(3-1)5-6-12(11)19-15-14-13(7-8-16-15)17-9-18-14/h1-4,7-9,12H,5-6H2,(H,16,19)(H,17,18)/t12-/m0/s1. The second kappa shape index (κ2) is 4.09. The number of aromatic nitrogens is 3. The molecule has 0 saturated carbocycles. The highest BCUT2D eigenvalue weighted by molar-refractivity contribution is 5.85. The van der Waals surface area contributed by atoms with Crippen LogP contribution >= 0.6 is 0 Å². The zero-order chi connectivity index (χ0) is 12.7. The van der Waals surface area contributed by atoms with Crippen LogP contribution in [-0.2, 0) is 6.42 Å². The van der Waals surface area contributed by atoms with E-state index in [1.807, 2.05) is 12.3 Å². The van der Waals surface area contributed by atoms with E-state index in [1.165, 1.54) is 11.1 Å². The number of hydrogen-bond acceptors (Lipinski definition) is 3. The Morgan fingerprint density at radius 3 is 3.11 bits per heavy atom. The van der Waals surface area contributed by atoms with E-state index < -0.39 is 0 Å². The lowest BCUT2D eigenvalue weighted by molar-refractivity contribution is 0.758. The molecule has 1 atom stereocenters. The number of pyridine rings is 1. The van der Waals surface area contributed by atoms with Gasteiger partial charge in [0, 0.05) is 6.20 Å². The number of aryl methyl sites for hydroxylation is 1. The van der Waals surface area contributed by atoms with E-state index in [2.05, 4.69) is 44.5 Å². The van der Waals surface area contributed by atoms with Crippen LogP contribution in [0.3, 0.4) is 0 Å². The Morgan fingerprint density at radius 2 is 2.11 bits per heavy atom. The van der Waals surface area contributed by atoms with Crippen LogP contribution in [0.15, 0.2) is 42.9 Å². The van der Waals surface area contributed by atoms with Crippen molar-refractivity contribution in [3.63, 3.8) is 0 Å². The van der Waals surface area contributed by atoms with Crippen molar-refractivity contribution in [1.82, 2.24) is 15.0 Å². The number of benzene rings is 1. The third-order valence-electron chi connectivity index (χ3n) is 3.78. The van der Waals surface area contributed by atoms with Gasteiger partial charge in [0.1, 0.15) is 5.52 Å². The van der Waals surface area contributed by atoms with Crippen LogP contribution in [0, 0.1) is 0 Å². The largest absolute Gasteiger partial charge is 0.361 e. The van der Waals surface area contributed by atoms with E-state index in [4.69, 9.17) is 0 Å². The van der Waals surface area contributed by atoms with E-state index in [0.29, 0.717) is 6.04 Å². The van der Waals surface area contributed by atoms with Crippen molar-refractivity contribution in [2.24, 2.45) is 0 Å². The molecule has 1 aliphatic rings. The summed E-state index contributed by atoms with van der Waals surface area (Å²) in [7, 11) is 0. The minimum Gasteiger partial charge on any atom is -0.361 e. The Kier molecular flexibility index (Phi) is 2.27. The van der Waals surface area contributed by atoms with Crippen LogP contribution in [-0.4, -0.2) is 15.0 Å². The first-order valence-corrected chi connectivity index (χ1v) is 6.54. The molecule has 4 heteroatoms. The van der Waals surface area contributed by atoms with Gasteiger partial charge >= 0.3 is 0 Å². The minimum atomic E-state index is 0.339. The summed E-state index contributed by atoms with van der Waals surface area (Å²) in [6.07, 6.45) is 5.76. The molecular formula is C15H14N4. The Labute approximate surface area is 110 Å². The maximum atomic E-state index is 4.42. The average Bonchev–Trinajstić information content (AvgIpc) is 3.06. The molecule has 4 nitrogen and oxygen atoms in total. The van der Waals surface area contributed by atoms with Crippen LogP contribution in [0.5, 0.6) is 0 Å². The minimum absolute atomic E-state index is 0.339. The van der Waals surface area contributed by atoms with Crippen molar-refractivity contribution in [3.05, 3.63) is 54.0 Å². The molecule has 1 aromatic carbocycles. The second-order valence-electron chi connectivity index (χ2n) is 4.89. The maximum Gasteiger partial charge on any atom is 0.154 e. The number of rotatable bonds is 2. The number of imidazole rings is 1. The molecule has 1 aliphatic carbocycles. The van der Waals surface area contributed by atoms with Gasteiger partial charge in [0.05, 0.1) is 17.9 Å². The number of hydrogen-bond donors (Lipinski definition) is 2. The molecule has 0 fully saturated rings. The third-order valence-corrected chi connectivity index (χ3v) is 3.78. The van der Waals surface area contributed by atoms with Crippen LogP contribution in [0.25, 0.3) is 11.0 Å². The normalized spacial score (nSPS) is 17.6. The highest BCUT2D eigenvalue weighted by Gasteiger charge is 2.22. The fraction of sp³-hybridized carbons (Fsp3) is 0.200. The van der Waals surface area contributed by atoms with Crippen molar-refractivity contribution in [2.45, 2.75) is 18.9 Å². The lowest BCUT2D eigenvalue weighted by Gasteiger charge is -2.14. The number of anilines is 1. The van der Waals surface area contributed by atoms with E-state index in [-0.39, 0.29) is 0 Å². The monoisotopic (exact) mass is 250 g/mol. The summed E-state index contributed by atoms with van der Waals surface area (Å²) in [5.74, 6) is 0.862. The summed E-state index contributed by atoms with van der Waals surface area (Å²) in [6.45, 7) is 0. The molecule has 0 amide bonds. The van der Waals surface area contributed by atoms with Gasteiger partial charge < -0.3 is 10.3 Å². The van der Waals surface area contributed by atoms with E-state index in [0.717, 1.165) is 29.7 Å². The molecule has 19 heavy (non-hydrogen) atoms. The Morgan fingerprint density at radius 1 is 1.16 bits per heavy atom. The molecule has 2 aromatic heterocycles. The molecule has 0 bridgehead atoms. The van der Waals surface area contributed by atoms with Crippen LogP contribution < -0.4 is 5.32 Å². The van der Waals surface area contributed by atoms with Gasteiger partial charge in [0.15, 0.2) is 5.82 Å². The Balaban J connectivity index is 1.71. The van der Waals surface area contributed by atoms with Crippen LogP contribution in [0.2, 0.25) is 0 Å². The molecule has 0 saturated heterocycles. The third kappa shape index (κ3) is 1.68. The van der Waals surface area contributed by atoms with Crippen molar-refractivity contribution in [1.29, 1.82) is 0 Å². The van der Waals surface area contributed by atoms with Crippen molar-refractivity contribution in [2.75, 3.05) is 5.32 Å². The van der Waals surface area contributed by atoms with E-state index in [9.17, 15) is 0 Å². The number of nitrogens with zero attached hydrogens (tertiary/aromatic N) is 2. The predicted octanol–water partition coefficient (Wildman–Crippen LogP) is 3.06. The first-order chi connectivity index (χ1) is 9.42. The summed E-state index contributed by atoms with van der Waals surface area (Å²) in [5.41, 5.74) is 4.75. The maximum absolute atomic E-state index is 4.42.